The maximum atomic E-state index is 12.4. The molecular weight excluding hydrogens is 364 g/mol. The fraction of sp³-hybridized carbons (Fsp3) is 0.235. The molecule has 1 aromatic carbocycles. The minimum absolute atomic E-state index is 0.282. The van der Waals surface area contributed by atoms with Crippen LogP contribution in [0.25, 0.3) is 15.9 Å². The van der Waals surface area contributed by atoms with Gasteiger partial charge in [0.25, 0.3) is 0 Å². The molecule has 3 aromatic rings. The summed E-state index contributed by atoms with van der Waals surface area (Å²) in [7, 11) is 0. The Kier molecular flexibility index (Phi) is 3.97. The number of fused-ring (bicyclic) bond motifs is 1. The third-order valence-corrected chi connectivity index (χ3v) is 5.37. The molecule has 1 atom stereocenters. The molecule has 3 heterocycles. The summed E-state index contributed by atoms with van der Waals surface area (Å²) in [5, 5.41) is 5.93. The smallest absolute Gasteiger partial charge is 0.349 e. The van der Waals surface area contributed by atoms with Crippen molar-refractivity contribution in [2.45, 2.75) is 19.4 Å². The van der Waals surface area contributed by atoms with Gasteiger partial charge in [-0.15, -0.1) is 11.3 Å². The van der Waals surface area contributed by atoms with Crippen molar-refractivity contribution >= 4 is 45.1 Å². The van der Waals surface area contributed by atoms with Crippen molar-refractivity contribution in [3.05, 3.63) is 45.9 Å². The lowest BCUT2D eigenvalue weighted by molar-refractivity contribution is -0.145. The number of ether oxygens (including phenoxy) is 2. The molecule has 6 nitrogen and oxygen atoms in total. The van der Waals surface area contributed by atoms with Crippen molar-refractivity contribution < 1.29 is 19.1 Å². The van der Waals surface area contributed by atoms with Gasteiger partial charge >= 0.3 is 11.9 Å². The largest absolute Gasteiger partial charge is 0.463 e. The standard InChI is InChI=1S/C17H13ClN2O4S/c1-9-10-8-14(17(22)24-13-6-7-23-16(13)21)25-15(10)20(19-9)12-5-3-2-4-11(12)18/h2-5,8,13H,6-7H2,1H3. The van der Waals surface area contributed by atoms with E-state index in [0.29, 0.717) is 16.3 Å². The molecule has 25 heavy (non-hydrogen) atoms. The summed E-state index contributed by atoms with van der Waals surface area (Å²) < 4.78 is 11.8. The Balaban J connectivity index is 1.71. The van der Waals surface area contributed by atoms with Gasteiger partial charge in [0.05, 0.1) is 23.0 Å². The fourth-order valence-electron chi connectivity index (χ4n) is 2.71. The molecule has 1 aliphatic heterocycles. The summed E-state index contributed by atoms with van der Waals surface area (Å²) in [4.78, 5) is 25.0. The highest BCUT2D eigenvalue weighted by Crippen LogP contribution is 2.33. The molecule has 0 bridgehead atoms. The zero-order chi connectivity index (χ0) is 17.6. The van der Waals surface area contributed by atoms with Gasteiger partial charge in [0.15, 0.2) is 0 Å². The number of aryl methyl sites for hydroxylation is 1. The van der Waals surface area contributed by atoms with Crippen LogP contribution in [0, 0.1) is 6.92 Å². The molecule has 128 valence electrons. The van der Waals surface area contributed by atoms with Gasteiger partial charge in [-0.25, -0.2) is 14.3 Å². The average molecular weight is 377 g/mol. The first-order valence-electron chi connectivity index (χ1n) is 7.66. The summed E-state index contributed by atoms with van der Waals surface area (Å²) in [6.45, 7) is 2.15. The van der Waals surface area contributed by atoms with Crippen LogP contribution in [0.3, 0.4) is 0 Å². The number of halogens is 1. The molecule has 1 fully saturated rings. The molecule has 0 aliphatic carbocycles. The second-order valence-electron chi connectivity index (χ2n) is 5.63. The Morgan fingerprint density at radius 3 is 2.96 bits per heavy atom. The lowest BCUT2D eigenvalue weighted by atomic mass is 10.3. The summed E-state index contributed by atoms with van der Waals surface area (Å²) in [6.07, 6.45) is -0.430. The summed E-state index contributed by atoms with van der Waals surface area (Å²) >= 11 is 7.52. The third kappa shape index (κ3) is 2.79. The second kappa shape index (κ2) is 6.16. The molecule has 0 saturated carbocycles. The predicted molar refractivity (Wildman–Crippen MR) is 93.5 cm³/mol. The Labute approximate surface area is 151 Å². The Morgan fingerprint density at radius 1 is 1.44 bits per heavy atom. The molecule has 2 aromatic heterocycles. The molecule has 8 heteroatoms. The van der Waals surface area contributed by atoms with Crippen molar-refractivity contribution in [1.82, 2.24) is 9.78 Å². The SMILES string of the molecule is Cc1nn(-c2ccccc2Cl)c2sc(C(=O)OC3CCOC3=O)cc12. The van der Waals surface area contributed by atoms with E-state index in [9.17, 15) is 9.59 Å². The maximum absolute atomic E-state index is 12.4. The van der Waals surface area contributed by atoms with Gasteiger partial charge in [0.1, 0.15) is 9.71 Å². The third-order valence-electron chi connectivity index (χ3n) is 3.96. The van der Waals surface area contributed by atoms with E-state index in [0.717, 1.165) is 21.6 Å². The Bertz CT molecular complexity index is 994. The van der Waals surface area contributed by atoms with Crippen LogP contribution in [-0.4, -0.2) is 34.4 Å². The average Bonchev–Trinajstić information content (AvgIpc) is 3.26. The van der Waals surface area contributed by atoms with Gasteiger partial charge < -0.3 is 9.47 Å². The fourth-order valence-corrected chi connectivity index (χ4v) is 3.98. The zero-order valence-corrected chi connectivity index (χ0v) is 14.8. The number of benzene rings is 1. The summed E-state index contributed by atoms with van der Waals surface area (Å²) in [5.74, 6) is -1.02. The number of hydrogen-bond acceptors (Lipinski definition) is 6. The molecular formula is C17H13ClN2O4S. The predicted octanol–water partition coefficient (Wildman–Crippen LogP) is 3.52. The number of carbonyl (C=O) groups is 2. The van der Waals surface area contributed by atoms with Crippen molar-refractivity contribution in [3.8, 4) is 5.69 Å². The van der Waals surface area contributed by atoms with Gasteiger partial charge in [-0.3, -0.25) is 0 Å². The van der Waals surface area contributed by atoms with Crippen LogP contribution in [0.4, 0.5) is 0 Å². The number of aromatic nitrogens is 2. The zero-order valence-electron chi connectivity index (χ0n) is 13.2. The van der Waals surface area contributed by atoms with E-state index in [1.165, 1.54) is 11.3 Å². The minimum atomic E-state index is -0.820. The minimum Gasteiger partial charge on any atom is -0.463 e. The number of esters is 2. The lowest BCUT2D eigenvalue weighted by Gasteiger charge is -2.06. The van der Waals surface area contributed by atoms with E-state index < -0.39 is 18.0 Å². The van der Waals surface area contributed by atoms with Crippen molar-refractivity contribution in [2.24, 2.45) is 0 Å². The van der Waals surface area contributed by atoms with E-state index in [-0.39, 0.29) is 6.61 Å². The van der Waals surface area contributed by atoms with Gasteiger partial charge in [-0.2, -0.15) is 5.10 Å². The quantitative estimate of drug-likeness (QED) is 0.654. The number of carbonyl (C=O) groups excluding carboxylic acids is 2. The number of para-hydroxylation sites is 1. The van der Waals surface area contributed by atoms with Crippen molar-refractivity contribution in [1.29, 1.82) is 0 Å². The molecule has 1 saturated heterocycles. The highest BCUT2D eigenvalue weighted by Gasteiger charge is 2.31. The van der Waals surface area contributed by atoms with Crippen LogP contribution in [0.1, 0.15) is 21.8 Å². The molecule has 1 aliphatic rings. The topological polar surface area (TPSA) is 70.4 Å². The first-order valence-corrected chi connectivity index (χ1v) is 8.86. The van der Waals surface area contributed by atoms with Gasteiger partial charge in [0.2, 0.25) is 6.10 Å². The summed E-state index contributed by atoms with van der Waals surface area (Å²) in [6, 6.07) is 9.10. The number of nitrogens with zero attached hydrogens (tertiary/aromatic N) is 2. The summed E-state index contributed by atoms with van der Waals surface area (Å²) in [5.41, 5.74) is 1.52. The van der Waals surface area contributed by atoms with Gasteiger partial charge in [-0.1, -0.05) is 23.7 Å². The second-order valence-corrected chi connectivity index (χ2v) is 7.07. The van der Waals surface area contributed by atoms with E-state index in [2.05, 4.69) is 5.10 Å². The molecule has 0 amide bonds. The van der Waals surface area contributed by atoms with Crippen LogP contribution in [-0.2, 0) is 14.3 Å². The van der Waals surface area contributed by atoms with Crippen molar-refractivity contribution in [2.75, 3.05) is 6.61 Å². The van der Waals surface area contributed by atoms with Crippen LogP contribution < -0.4 is 0 Å². The number of rotatable bonds is 3. The normalized spacial score (nSPS) is 17.0. The van der Waals surface area contributed by atoms with E-state index in [1.54, 1.807) is 16.8 Å². The first kappa shape index (κ1) is 16.1. The highest BCUT2D eigenvalue weighted by atomic mass is 35.5. The van der Waals surface area contributed by atoms with Crippen LogP contribution >= 0.6 is 22.9 Å². The lowest BCUT2D eigenvalue weighted by Crippen LogP contribution is -2.22. The van der Waals surface area contributed by atoms with E-state index in [4.69, 9.17) is 21.1 Å². The highest BCUT2D eigenvalue weighted by molar-refractivity contribution is 7.20. The molecule has 4 rings (SSSR count). The molecule has 0 radical (unpaired) electrons. The van der Waals surface area contributed by atoms with E-state index >= 15 is 0 Å². The number of hydrogen-bond donors (Lipinski definition) is 0. The van der Waals surface area contributed by atoms with Crippen molar-refractivity contribution in [3.63, 3.8) is 0 Å². The van der Waals surface area contributed by atoms with Gasteiger partial charge in [0, 0.05) is 11.8 Å². The van der Waals surface area contributed by atoms with E-state index in [1.807, 2.05) is 25.1 Å². The van der Waals surface area contributed by atoms with Crippen LogP contribution in [0.5, 0.6) is 0 Å². The molecule has 0 spiro atoms. The number of thiophene rings is 1. The van der Waals surface area contributed by atoms with Crippen LogP contribution in [0.15, 0.2) is 30.3 Å². The molecule has 1 unspecified atom stereocenters. The Morgan fingerprint density at radius 2 is 2.24 bits per heavy atom. The van der Waals surface area contributed by atoms with Crippen LogP contribution in [0.2, 0.25) is 5.02 Å². The monoisotopic (exact) mass is 376 g/mol. The first-order chi connectivity index (χ1) is 12.0. The maximum Gasteiger partial charge on any atom is 0.349 e. The molecule has 0 N–H and O–H groups in total. The van der Waals surface area contributed by atoms with Gasteiger partial charge in [-0.05, 0) is 25.1 Å². The Hall–Kier alpha value is -2.38. The number of cyclic esters (lactones) is 1.